The molecule has 118 valence electrons. The molecule has 2 N–H and O–H groups in total. The molecule has 1 aromatic rings. The molecular weight excluding hydrogens is 284 g/mol. The van der Waals surface area contributed by atoms with E-state index >= 15 is 0 Å². The molecule has 0 aliphatic carbocycles. The SMILES string of the molecule is Cc1cc(C)c(S(=O)(=O)N2CCC(C)C(CN)C2)c(C)c1. The third kappa shape index (κ3) is 3.15. The maximum atomic E-state index is 13.0. The van der Waals surface area contributed by atoms with Crippen LogP contribution in [-0.2, 0) is 10.0 Å². The summed E-state index contributed by atoms with van der Waals surface area (Å²) >= 11 is 0. The number of piperidine rings is 1. The summed E-state index contributed by atoms with van der Waals surface area (Å²) < 4.78 is 27.6. The highest BCUT2D eigenvalue weighted by Crippen LogP contribution is 2.30. The lowest BCUT2D eigenvalue weighted by atomic mass is 9.88. The van der Waals surface area contributed by atoms with E-state index in [1.807, 2.05) is 32.9 Å². The molecule has 21 heavy (non-hydrogen) atoms. The molecule has 5 heteroatoms. The Kier molecular flexibility index (Phi) is 4.76. The van der Waals surface area contributed by atoms with Crippen LogP contribution in [0.25, 0.3) is 0 Å². The quantitative estimate of drug-likeness (QED) is 0.931. The van der Waals surface area contributed by atoms with Gasteiger partial charge < -0.3 is 5.73 Å². The van der Waals surface area contributed by atoms with Gasteiger partial charge in [-0.1, -0.05) is 24.6 Å². The van der Waals surface area contributed by atoms with Gasteiger partial charge in [0, 0.05) is 13.1 Å². The molecule has 4 nitrogen and oxygen atoms in total. The number of rotatable bonds is 3. The largest absolute Gasteiger partial charge is 0.330 e. The molecule has 0 bridgehead atoms. The predicted octanol–water partition coefficient (Wildman–Crippen LogP) is 2.22. The average Bonchev–Trinajstić information content (AvgIpc) is 2.37. The molecule has 2 atom stereocenters. The summed E-state index contributed by atoms with van der Waals surface area (Å²) in [6.07, 6.45) is 0.880. The minimum atomic E-state index is -3.43. The average molecular weight is 310 g/mol. The van der Waals surface area contributed by atoms with Crippen molar-refractivity contribution in [2.24, 2.45) is 17.6 Å². The van der Waals surface area contributed by atoms with E-state index in [0.29, 0.717) is 30.4 Å². The van der Waals surface area contributed by atoms with Crippen molar-refractivity contribution in [1.82, 2.24) is 4.31 Å². The van der Waals surface area contributed by atoms with Crippen LogP contribution in [0.1, 0.15) is 30.0 Å². The second kappa shape index (κ2) is 6.07. The Bertz CT molecular complexity index is 602. The lowest BCUT2D eigenvalue weighted by Crippen LogP contribution is -2.45. The molecule has 0 saturated carbocycles. The summed E-state index contributed by atoms with van der Waals surface area (Å²) in [5.41, 5.74) is 8.55. The van der Waals surface area contributed by atoms with Crippen LogP contribution in [0, 0.1) is 32.6 Å². The Hall–Kier alpha value is -0.910. The molecule has 1 saturated heterocycles. The molecule has 1 aromatic carbocycles. The first-order valence-electron chi connectivity index (χ1n) is 7.55. The Morgan fingerprint density at radius 2 is 1.81 bits per heavy atom. The Labute approximate surface area is 128 Å². The number of aryl methyl sites for hydroxylation is 3. The van der Waals surface area contributed by atoms with E-state index in [1.54, 1.807) is 4.31 Å². The third-order valence-corrected chi connectivity index (χ3v) is 6.75. The van der Waals surface area contributed by atoms with Crippen molar-refractivity contribution in [2.75, 3.05) is 19.6 Å². The molecule has 1 aliphatic rings. The van der Waals surface area contributed by atoms with Crippen LogP contribution in [0.2, 0.25) is 0 Å². The number of hydrogen-bond acceptors (Lipinski definition) is 3. The van der Waals surface area contributed by atoms with Crippen LogP contribution < -0.4 is 5.73 Å². The molecule has 0 amide bonds. The van der Waals surface area contributed by atoms with Gasteiger partial charge >= 0.3 is 0 Å². The number of sulfonamides is 1. The fourth-order valence-electron chi connectivity index (χ4n) is 3.34. The molecule has 0 radical (unpaired) electrons. The molecular formula is C16H26N2O2S. The summed E-state index contributed by atoms with van der Waals surface area (Å²) in [5.74, 6) is 0.737. The van der Waals surface area contributed by atoms with E-state index in [9.17, 15) is 8.42 Å². The van der Waals surface area contributed by atoms with E-state index in [0.717, 1.165) is 23.1 Å². The van der Waals surface area contributed by atoms with E-state index in [2.05, 4.69) is 6.92 Å². The van der Waals surface area contributed by atoms with Crippen LogP contribution in [0.4, 0.5) is 0 Å². The monoisotopic (exact) mass is 310 g/mol. The van der Waals surface area contributed by atoms with Gasteiger partial charge in [-0.05, 0) is 56.7 Å². The number of hydrogen-bond donors (Lipinski definition) is 1. The van der Waals surface area contributed by atoms with Crippen LogP contribution in [0.15, 0.2) is 17.0 Å². The summed E-state index contributed by atoms with van der Waals surface area (Å²) in [7, 11) is -3.43. The number of nitrogens with two attached hydrogens (primary N) is 1. The zero-order chi connectivity index (χ0) is 15.8. The molecule has 1 fully saturated rings. The van der Waals surface area contributed by atoms with Gasteiger partial charge in [-0.15, -0.1) is 0 Å². The summed E-state index contributed by atoms with van der Waals surface area (Å²) in [4.78, 5) is 0.471. The van der Waals surface area contributed by atoms with Gasteiger partial charge in [0.2, 0.25) is 10.0 Å². The highest BCUT2D eigenvalue weighted by molar-refractivity contribution is 7.89. The van der Waals surface area contributed by atoms with E-state index in [-0.39, 0.29) is 5.92 Å². The normalized spacial score (nSPS) is 24.2. The fourth-order valence-corrected chi connectivity index (χ4v) is 5.27. The second-order valence-corrected chi connectivity index (χ2v) is 8.23. The van der Waals surface area contributed by atoms with Crippen LogP contribution in [-0.4, -0.2) is 32.4 Å². The number of nitrogens with zero attached hydrogens (tertiary/aromatic N) is 1. The fraction of sp³-hybridized carbons (Fsp3) is 0.625. The van der Waals surface area contributed by atoms with Gasteiger partial charge in [0.15, 0.2) is 0 Å². The lowest BCUT2D eigenvalue weighted by Gasteiger charge is -2.36. The highest BCUT2D eigenvalue weighted by Gasteiger charge is 2.34. The first-order valence-corrected chi connectivity index (χ1v) is 8.99. The van der Waals surface area contributed by atoms with Crippen molar-refractivity contribution < 1.29 is 8.42 Å². The zero-order valence-electron chi connectivity index (χ0n) is 13.4. The first-order chi connectivity index (χ1) is 9.77. The molecule has 0 spiro atoms. The molecule has 1 heterocycles. The summed E-state index contributed by atoms with van der Waals surface area (Å²) in [6.45, 7) is 9.56. The van der Waals surface area contributed by atoms with E-state index < -0.39 is 10.0 Å². The topological polar surface area (TPSA) is 63.4 Å². The highest BCUT2D eigenvalue weighted by atomic mass is 32.2. The van der Waals surface area contributed by atoms with Gasteiger partial charge in [0.25, 0.3) is 0 Å². The molecule has 0 aromatic heterocycles. The van der Waals surface area contributed by atoms with Crippen molar-refractivity contribution >= 4 is 10.0 Å². The van der Waals surface area contributed by atoms with Gasteiger partial charge in [-0.2, -0.15) is 4.31 Å². The van der Waals surface area contributed by atoms with Crippen molar-refractivity contribution in [3.8, 4) is 0 Å². The first kappa shape index (κ1) is 16.5. The van der Waals surface area contributed by atoms with Gasteiger partial charge in [0.1, 0.15) is 0 Å². The van der Waals surface area contributed by atoms with E-state index in [4.69, 9.17) is 5.73 Å². The van der Waals surface area contributed by atoms with Gasteiger partial charge in [-0.25, -0.2) is 8.42 Å². The van der Waals surface area contributed by atoms with Crippen molar-refractivity contribution in [1.29, 1.82) is 0 Å². The van der Waals surface area contributed by atoms with Crippen LogP contribution in [0.5, 0.6) is 0 Å². The minimum Gasteiger partial charge on any atom is -0.330 e. The van der Waals surface area contributed by atoms with Crippen molar-refractivity contribution in [3.63, 3.8) is 0 Å². The molecule has 2 unspecified atom stereocenters. The maximum absolute atomic E-state index is 13.0. The van der Waals surface area contributed by atoms with Crippen LogP contribution >= 0.6 is 0 Å². The minimum absolute atomic E-state index is 0.250. The lowest BCUT2D eigenvalue weighted by molar-refractivity contribution is 0.203. The molecule has 1 aliphatic heterocycles. The van der Waals surface area contributed by atoms with E-state index in [1.165, 1.54) is 0 Å². The van der Waals surface area contributed by atoms with Crippen LogP contribution in [0.3, 0.4) is 0 Å². The Morgan fingerprint density at radius 1 is 1.24 bits per heavy atom. The number of benzene rings is 1. The van der Waals surface area contributed by atoms with Gasteiger partial charge in [0.05, 0.1) is 4.90 Å². The summed E-state index contributed by atoms with van der Waals surface area (Å²) in [6, 6.07) is 3.87. The standard InChI is InChI=1S/C16H26N2O2S/c1-11-7-13(3)16(14(4)8-11)21(19,20)18-6-5-12(2)15(9-17)10-18/h7-8,12,15H,5-6,9-10,17H2,1-4H3. The predicted molar refractivity (Wildman–Crippen MR) is 85.7 cm³/mol. The third-order valence-electron chi connectivity index (χ3n) is 4.58. The van der Waals surface area contributed by atoms with Crippen molar-refractivity contribution in [2.45, 2.75) is 39.0 Å². The smallest absolute Gasteiger partial charge is 0.243 e. The Morgan fingerprint density at radius 3 is 2.33 bits per heavy atom. The molecule has 2 rings (SSSR count). The zero-order valence-corrected chi connectivity index (χ0v) is 14.2. The maximum Gasteiger partial charge on any atom is 0.243 e. The van der Waals surface area contributed by atoms with Crippen molar-refractivity contribution in [3.05, 3.63) is 28.8 Å². The second-order valence-electron chi connectivity index (χ2n) is 6.35. The summed E-state index contributed by atoms with van der Waals surface area (Å²) in [5, 5.41) is 0. The van der Waals surface area contributed by atoms with Gasteiger partial charge in [-0.3, -0.25) is 0 Å². The Balaban J connectivity index is 2.39.